The molecular formula is C20H18F4N4O3S2. The van der Waals surface area contributed by atoms with Crippen molar-refractivity contribution in [3.05, 3.63) is 70.5 Å². The van der Waals surface area contributed by atoms with E-state index in [1.165, 1.54) is 4.72 Å². The molecule has 0 bridgehead atoms. The van der Waals surface area contributed by atoms with Gasteiger partial charge in [-0.2, -0.15) is 13.2 Å². The van der Waals surface area contributed by atoms with Crippen molar-refractivity contribution >= 4 is 32.4 Å². The first-order valence-corrected chi connectivity index (χ1v) is 11.8. The van der Waals surface area contributed by atoms with Gasteiger partial charge in [0.05, 0.1) is 10.5 Å². The number of hydrogen-bond acceptors (Lipinski definition) is 6. The second-order valence-corrected chi connectivity index (χ2v) is 9.85. The predicted octanol–water partition coefficient (Wildman–Crippen LogP) is 4.12. The second kappa shape index (κ2) is 9.93. The highest BCUT2D eigenvalue weighted by Crippen LogP contribution is 2.27. The summed E-state index contributed by atoms with van der Waals surface area (Å²) in [6.07, 6.45) is -4.09. The Morgan fingerprint density at radius 3 is 2.48 bits per heavy atom. The fourth-order valence-electron chi connectivity index (χ4n) is 2.81. The molecule has 3 rings (SSSR count). The highest BCUT2D eigenvalue weighted by Gasteiger charge is 2.30. The van der Waals surface area contributed by atoms with Gasteiger partial charge in [0.1, 0.15) is 17.4 Å². The van der Waals surface area contributed by atoms with Crippen molar-refractivity contribution in [2.45, 2.75) is 30.3 Å². The third-order valence-corrected chi connectivity index (χ3v) is 6.89. The van der Waals surface area contributed by atoms with Gasteiger partial charge in [-0.3, -0.25) is 10.1 Å². The van der Waals surface area contributed by atoms with Crippen molar-refractivity contribution in [1.29, 1.82) is 0 Å². The molecule has 0 fully saturated rings. The van der Waals surface area contributed by atoms with Gasteiger partial charge >= 0.3 is 6.18 Å². The number of benzene rings is 2. The number of aromatic nitrogens is 2. The van der Waals surface area contributed by atoms with E-state index in [0.29, 0.717) is 23.6 Å². The van der Waals surface area contributed by atoms with Crippen LogP contribution in [0.4, 0.5) is 22.7 Å². The summed E-state index contributed by atoms with van der Waals surface area (Å²) in [5.41, 5.74) is 0.420. The number of nitrogens with zero attached hydrogens (tertiary/aromatic N) is 2. The van der Waals surface area contributed by atoms with Crippen molar-refractivity contribution in [2.75, 3.05) is 11.9 Å². The lowest BCUT2D eigenvalue weighted by atomic mass is 10.0. The summed E-state index contributed by atoms with van der Waals surface area (Å²) >= 11 is 1.08. The summed E-state index contributed by atoms with van der Waals surface area (Å²) in [5, 5.41) is 10.9. The van der Waals surface area contributed by atoms with Crippen LogP contribution in [0.25, 0.3) is 0 Å². The van der Waals surface area contributed by atoms with Crippen LogP contribution in [-0.4, -0.2) is 37.2 Å². The van der Waals surface area contributed by atoms with Crippen LogP contribution >= 0.6 is 11.3 Å². The molecule has 176 valence electrons. The van der Waals surface area contributed by atoms with Crippen LogP contribution in [0.3, 0.4) is 0 Å². The van der Waals surface area contributed by atoms with Crippen LogP contribution in [-0.2, 0) is 16.4 Å². The lowest BCUT2D eigenvalue weighted by molar-refractivity contribution is -0.121. The maximum absolute atomic E-state index is 14.2. The molecular weight excluding hydrogens is 484 g/mol. The third-order valence-electron chi connectivity index (χ3n) is 4.42. The van der Waals surface area contributed by atoms with Crippen molar-refractivity contribution in [3.63, 3.8) is 0 Å². The molecule has 1 heterocycles. The Morgan fingerprint density at radius 2 is 1.82 bits per heavy atom. The average Bonchev–Trinajstić information content (AvgIpc) is 3.21. The van der Waals surface area contributed by atoms with E-state index in [4.69, 9.17) is 0 Å². The van der Waals surface area contributed by atoms with Gasteiger partial charge in [0, 0.05) is 5.92 Å². The van der Waals surface area contributed by atoms with E-state index in [1.54, 1.807) is 0 Å². The minimum atomic E-state index is -4.78. The minimum absolute atomic E-state index is 0.0135. The van der Waals surface area contributed by atoms with E-state index in [-0.39, 0.29) is 11.0 Å². The van der Waals surface area contributed by atoms with Crippen LogP contribution in [0.2, 0.25) is 0 Å². The van der Waals surface area contributed by atoms with E-state index in [9.17, 15) is 30.8 Å². The minimum Gasteiger partial charge on any atom is -0.296 e. The Balaban J connectivity index is 1.72. The maximum Gasteiger partial charge on any atom is 0.402 e. The Bertz CT molecular complexity index is 1230. The molecule has 1 amide bonds. The van der Waals surface area contributed by atoms with E-state index < -0.39 is 44.9 Å². The highest BCUT2D eigenvalue weighted by molar-refractivity contribution is 7.89. The quantitative estimate of drug-likeness (QED) is 0.452. The van der Waals surface area contributed by atoms with Gasteiger partial charge in [-0.15, -0.1) is 10.2 Å². The van der Waals surface area contributed by atoms with Crippen molar-refractivity contribution in [2.24, 2.45) is 0 Å². The Labute approximate surface area is 190 Å². The number of hydrogen-bond donors (Lipinski definition) is 2. The molecule has 1 aromatic heterocycles. The first-order valence-electron chi connectivity index (χ1n) is 9.49. The standard InChI is InChI=1S/C20H18F4N4O3S2/c1-12(9-13-5-3-2-4-6-13)18-27-28-19(32-18)26-17(29)15-10-14(7-8-16(15)21)33(30,31)25-11-20(22,23)24/h2-8,10,12,25H,9,11H2,1H3,(H,26,28,29). The Morgan fingerprint density at radius 1 is 1.12 bits per heavy atom. The molecule has 1 atom stereocenters. The van der Waals surface area contributed by atoms with Crippen LogP contribution in [0, 0.1) is 5.82 Å². The van der Waals surface area contributed by atoms with Crippen LogP contribution in [0.15, 0.2) is 53.4 Å². The SMILES string of the molecule is CC(Cc1ccccc1)c1nnc(NC(=O)c2cc(S(=O)(=O)NCC(F)(F)F)ccc2F)s1. The summed E-state index contributed by atoms with van der Waals surface area (Å²) in [4.78, 5) is 11.8. The highest BCUT2D eigenvalue weighted by atomic mass is 32.2. The number of halogens is 4. The molecule has 0 radical (unpaired) electrons. The summed E-state index contributed by atoms with van der Waals surface area (Å²) in [6.45, 7) is 0.129. The van der Waals surface area contributed by atoms with Crippen molar-refractivity contribution in [1.82, 2.24) is 14.9 Å². The summed E-state index contributed by atoms with van der Waals surface area (Å²) in [6, 6.07) is 11.8. The predicted molar refractivity (Wildman–Crippen MR) is 114 cm³/mol. The van der Waals surface area contributed by atoms with E-state index in [1.807, 2.05) is 37.3 Å². The average molecular weight is 503 g/mol. The molecule has 0 saturated carbocycles. The van der Waals surface area contributed by atoms with Crippen molar-refractivity contribution in [3.8, 4) is 0 Å². The van der Waals surface area contributed by atoms with Crippen LogP contribution in [0.1, 0.15) is 33.8 Å². The normalized spacial score (nSPS) is 13.0. The first-order chi connectivity index (χ1) is 15.4. The molecule has 0 aliphatic carbocycles. The molecule has 2 N–H and O–H groups in total. The smallest absolute Gasteiger partial charge is 0.296 e. The second-order valence-electron chi connectivity index (χ2n) is 7.07. The van der Waals surface area contributed by atoms with Crippen LogP contribution in [0.5, 0.6) is 0 Å². The molecule has 1 unspecified atom stereocenters. The molecule has 2 aromatic carbocycles. The number of rotatable bonds is 8. The molecule has 0 aliphatic rings. The monoisotopic (exact) mass is 502 g/mol. The zero-order chi connectivity index (χ0) is 24.2. The topological polar surface area (TPSA) is 101 Å². The number of nitrogens with one attached hydrogen (secondary N) is 2. The largest absolute Gasteiger partial charge is 0.402 e. The van der Waals surface area contributed by atoms with Crippen LogP contribution < -0.4 is 10.0 Å². The number of amides is 1. The zero-order valence-electron chi connectivity index (χ0n) is 17.1. The fourth-order valence-corrected chi connectivity index (χ4v) is 4.64. The van der Waals surface area contributed by atoms with Gasteiger partial charge in [-0.1, -0.05) is 48.6 Å². The van der Waals surface area contributed by atoms with E-state index in [2.05, 4.69) is 15.5 Å². The lowest BCUT2D eigenvalue weighted by Gasteiger charge is -2.10. The number of anilines is 1. The van der Waals surface area contributed by atoms with Gasteiger partial charge in [-0.05, 0) is 30.2 Å². The van der Waals surface area contributed by atoms with Gasteiger partial charge < -0.3 is 0 Å². The fraction of sp³-hybridized carbons (Fsp3) is 0.250. The molecule has 13 heteroatoms. The summed E-state index contributed by atoms with van der Waals surface area (Å²) < 4.78 is 76.7. The molecule has 0 spiro atoms. The molecule has 0 saturated heterocycles. The first kappa shape index (κ1) is 24.7. The van der Waals surface area contributed by atoms with E-state index in [0.717, 1.165) is 23.0 Å². The zero-order valence-corrected chi connectivity index (χ0v) is 18.7. The Hall–Kier alpha value is -2.90. The van der Waals surface area contributed by atoms with Gasteiger partial charge in [0.2, 0.25) is 15.2 Å². The van der Waals surface area contributed by atoms with Gasteiger partial charge in [0.15, 0.2) is 0 Å². The van der Waals surface area contributed by atoms with Gasteiger partial charge in [-0.25, -0.2) is 17.5 Å². The maximum atomic E-state index is 14.2. The van der Waals surface area contributed by atoms with Gasteiger partial charge in [0.25, 0.3) is 5.91 Å². The number of carbonyl (C=O) groups is 1. The lowest BCUT2D eigenvalue weighted by Crippen LogP contribution is -2.33. The number of carbonyl (C=O) groups excluding carboxylic acids is 1. The molecule has 0 aliphatic heterocycles. The third kappa shape index (κ3) is 6.79. The molecule has 7 nitrogen and oxygen atoms in total. The summed E-state index contributed by atoms with van der Waals surface area (Å²) in [5.74, 6) is -2.08. The molecule has 3 aromatic rings. The van der Waals surface area contributed by atoms with E-state index >= 15 is 0 Å². The number of sulfonamides is 1. The van der Waals surface area contributed by atoms with Crippen molar-refractivity contribution < 1.29 is 30.8 Å². The molecule has 33 heavy (non-hydrogen) atoms. The number of alkyl halides is 3. The summed E-state index contributed by atoms with van der Waals surface area (Å²) in [7, 11) is -4.62. The Kier molecular flexibility index (Phi) is 7.44.